The number of carbonyl (C=O) groups is 1. The minimum Gasteiger partial charge on any atom is -0.497 e. The highest BCUT2D eigenvalue weighted by molar-refractivity contribution is 5.93. The van der Waals surface area contributed by atoms with Gasteiger partial charge in [-0.05, 0) is 42.7 Å². The highest BCUT2D eigenvalue weighted by Crippen LogP contribution is 2.34. The SMILES string of the molecule is COc1ccc(C2CCCN2C(=O)c2cc(-c3cccc(OC)c3)no2)cc1. The van der Waals surface area contributed by atoms with Gasteiger partial charge in [0.05, 0.1) is 20.3 Å². The molecule has 0 aliphatic carbocycles. The number of hydrogen-bond donors (Lipinski definition) is 0. The summed E-state index contributed by atoms with van der Waals surface area (Å²) < 4.78 is 15.9. The molecule has 1 atom stereocenters. The van der Waals surface area contributed by atoms with E-state index in [1.54, 1.807) is 20.3 Å². The molecule has 1 saturated heterocycles. The van der Waals surface area contributed by atoms with Crippen LogP contribution in [0.15, 0.2) is 59.1 Å². The third kappa shape index (κ3) is 3.45. The quantitative estimate of drug-likeness (QED) is 0.661. The van der Waals surface area contributed by atoms with Crippen LogP contribution in [-0.2, 0) is 0 Å². The number of aromatic nitrogens is 1. The van der Waals surface area contributed by atoms with E-state index < -0.39 is 0 Å². The molecule has 0 bridgehead atoms. The molecule has 1 aromatic heterocycles. The van der Waals surface area contributed by atoms with Crippen LogP contribution in [0.2, 0.25) is 0 Å². The fraction of sp³-hybridized carbons (Fsp3) is 0.273. The predicted molar refractivity (Wildman–Crippen MR) is 104 cm³/mol. The zero-order valence-corrected chi connectivity index (χ0v) is 15.9. The maximum absolute atomic E-state index is 13.1. The molecular weight excluding hydrogens is 356 g/mol. The Hall–Kier alpha value is -3.28. The van der Waals surface area contributed by atoms with Crippen LogP contribution in [-0.4, -0.2) is 36.7 Å². The molecule has 0 radical (unpaired) electrons. The van der Waals surface area contributed by atoms with Crippen molar-refractivity contribution in [3.63, 3.8) is 0 Å². The van der Waals surface area contributed by atoms with Crippen molar-refractivity contribution in [2.45, 2.75) is 18.9 Å². The summed E-state index contributed by atoms with van der Waals surface area (Å²) in [5.74, 6) is 1.64. The van der Waals surface area contributed by atoms with Gasteiger partial charge in [-0.1, -0.05) is 29.4 Å². The van der Waals surface area contributed by atoms with Gasteiger partial charge in [0.25, 0.3) is 5.91 Å². The second-order valence-corrected chi connectivity index (χ2v) is 6.74. The summed E-state index contributed by atoms with van der Waals surface area (Å²) in [6.07, 6.45) is 1.88. The Morgan fingerprint density at radius 3 is 2.61 bits per heavy atom. The normalized spacial score (nSPS) is 16.2. The van der Waals surface area contributed by atoms with E-state index in [9.17, 15) is 4.79 Å². The van der Waals surface area contributed by atoms with E-state index in [1.807, 2.05) is 53.4 Å². The second kappa shape index (κ2) is 7.76. The van der Waals surface area contributed by atoms with Crippen LogP contribution < -0.4 is 9.47 Å². The molecule has 1 fully saturated rings. The second-order valence-electron chi connectivity index (χ2n) is 6.74. The molecule has 1 aliphatic rings. The Morgan fingerprint density at radius 2 is 1.86 bits per heavy atom. The lowest BCUT2D eigenvalue weighted by Gasteiger charge is -2.24. The molecule has 0 spiro atoms. The van der Waals surface area contributed by atoms with Crippen molar-refractivity contribution in [3.8, 4) is 22.8 Å². The Balaban J connectivity index is 1.55. The van der Waals surface area contributed by atoms with Gasteiger partial charge in [0.2, 0.25) is 5.76 Å². The van der Waals surface area contributed by atoms with Gasteiger partial charge < -0.3 is 18.9 Å². The first-order chi connectivity index (χ1) is 13.7. The van der Waals surface area contributed by atoms with E-state index >= 15 is 0 Å². The van der Waals surface area contributed by atoms with E-state index in [0.717, 1.165) is 35.5 Å². The number of rotatable bonds is 5. The zero-order valence-electron chi connectivity index (χ0n) is 15.9. The Labute approximate surface area is 163 Å². The number of benzene rings is 2. The summed E-state index contributed by atoms with van der Waals surface area (Å²) in [7, 11) is 3.26. The number of methoxy groups -OCH3 is 2. The van der Waals surface area contributed by atoms with Gasteiger partial charge in [0.15, 0.2) is 0 Å². The summed E-state index contributed by atoms with van der Waals surface area (Å²) in [6, 6.07) is 17.1. The van der Waals surface area contributed by atoms with Gasteiger partial charge in [0, 0.05) is 18.2 Å². The molecule has 3 aromatic rings. The van der Waals surface area contributed by atoms with Crippen molar-refractivity contribution >= 4 is 5.91 Å². The van der Waals surface area contributed by atoms with Crippen molar-refractivity contribution in [1.29, 1.82) is 0 Å². The minimum atomic E-state index is -0.139. The van der Waals surface area contributed by atoms with Gasteiger partial charge >= 0.3 is 0 Å². The highest BCUT2D eigenvalue weighted by Gasteiger charge is 2.32. The van der Waals surface area contributed by atoms with Crippen molar-refractivity contribution in [1.82, 2.24) is 10.1 Å². The van der Waals surface area contributed by atoms with E-state index in [-0.39, 0.29) is 17.7 Å². The van der Waals surface area contributed by atoms with Crippen molar-refractivity contribution in [2.24, 2.45) is 0 Å². The first-order valence-electron chi connectivity index (χ1n) is 9.25. The molecule has 6 heteroatoms. The molecule has 144 valence electrons. The lowest BCUT2D eigenvalue weighted by Crippen LogP contribution is -2.30. The van der Waals surface area contributed by atoms with Gasteiger partial charge in [0.1, 0.15) is 17.2 Å². The molecule has 1 amide bonds. The molecular formula is C22H22N2O4. The number of hydrogen-bond acceptors (Lipinski definition) is 5. The van der Waals surface area contributed by atoms with Crippen LogP contribution in [0.25, 0.3) is 11.3 Å². The number of nitrogens with zero attached hydrogens (tertiary/aromatic N) is 2. The fourth-order valence-electron chi connectivity index (χ4n) is 3.62. The van der Waals surface area contributed by atoms with Crippen molar-refractivity contribution in [3.05, 3.63) is 65.9 Å². The smallest absolute Gasteiger partial charge is 0.292 e. The van der Waals surface area contributed by atoms with Crippen LogP contribution >= 0.6 is 0 Å². The summed E-state index contributed by atoms with van der Waals surface area (Å²) in [6.45, 7) is 0.699. The van der Waals surface area contributed by atoms with Crippen LogP contribution in [0.4, 0.5) is 0 Å². The van der Waals surface area contributed by atoms with Crippen molar-refractivity contribution < 1.29 is 18.8 Å². The molecule has 1 aliphatic heterocycles. The molecule has 6 nitrogen and oxygen atoms in total. The molecule has 1 unspecified atom stereocenters. The van der Waals surface area contributed by atoms with E-state index in [2.05, 4.69) is 5.16 Å². The Morgan fingerprint density at radius 1 is 1.07 bits per heavy atom. The first-order valence-corrected chi connectivity index (χ1v) is 9.25. The number of amides is 1. The average Bonchev–Trinajstić information content (AvgIpc) is 3.43. The molecule has 0 N–H and O–H groups in total. The topological polar surface area (TPSA) is 64.8 Å². The fourth-order valence-corrected chi connectivity index (χ4v) is 3.62. The van der Waals surface area contributed by atoms with Gasteiger partial charge in [-0.25, -0.2) is 0 Å². The highest BCUT2D eigenvalue weighted by atomic mass is 16.5. The van der Waals surface area contributed by atoms with Crippen LogP contribution in [0, 0.1) is 0 Å². The summed E-state index contributed by atoms with van der Waals surface area (Å²) >= 11 is 0. The average molecular weight is 378 g/mol. The third-order valence-corrected chi connectivity index (χ3v) is 5.10. The number of carbonyl (C=O) groups excluding carboxylic acids is 1. The third-order valence-electron chi connectivity index (χ3n) is 5.10. The summed E-state index contributed by atoms with van der Waals surface area (Å²) in [5.41, 5.74) is 2.55. The van der Waals surface area contributed by atoms with E-state index in [1.165, 1.54) is 0 Å². The molecule has 2 aromatic carbocycles. The van der Waals surface area contributed by atoms with Gasteiger partial charge in [-0.3, -0.25) is 4.79 Å². The van der Waals surface area contributed by atoms with Crippen molar-refractivity contribution in [2.75, 3.05) is 20.8 Å². The number of ether oxygens (including phenoxy) is 2. The Kier molecular flexibility index (Phi) is 5.02. The number of likely N-dealkylation sites (tertiary alicyclic amines) is 1. The van der Waals surface area contributed by atoms with Gasteiger partial charge in [-0.2, -0.15) is 0 Å². The zero-order chi connectivity index (χ0) is 19.5. The van der Waals surface area contributed by atoms with Gasteiger partial charge in [-0.15, -0.1) is 0 Å². The van der Waals surface area contributed by atoms with Crippen LogP contribution in [0.3, 0.4) is 0 Å². The maximum Gasteiger partial charge on any atom is 0.292 e. The predicted octanol–water partition coefficient (Wildman–Crippen LogP) is 4.34. The maximum atomic E-state index is 13.1. The molecule has 4 rings (SSSR count). The Bertz CT molecular complexity index is 965. The molecule has 0 saturated carbocycles. The largest absolute Gasteiger partial charge is 0.497 e. The molecule has 28 heavy (non-hydrogen) atoms. The monoisotopic (exact) mass is 378 g/mol. The lowest BCUT2D eigenvalue weighted by atomic mass is 10.0. The summed E-state index contributed by atoms with van der Waals surface area (Å²) in [5, 5.41) is 4.08. The standard InChI is InChI=1S/C22H22N2O4/c1-26-17-10-8-15(9-11-17)20-7-4-12-24(20)22(25)21-14-19(23-28-21)16-5-3-6-18(13-16)27-2/h3,5-6,8-11,13-14,20H,4,7,12H2,1-2H3. The van der Waals surface area contributed by atoms with Crippen LogP contribution in [0.1, 0.15) is 35.0 Å². The lowest BCUT2D eigenvalue weighted by molar-refractivity contribution is 0.0693. The molecule has 2 heterocycles. The van der Waals surface area contributed by atoms with Crippen LogP contribution in [0.5, 0.6) is 11.5 Å². The first kappa shape index (κ1) is 18.1. The van der Waals surface area contributed by atoms with E-state index in [0.29, 0.717) is 12.2 Å². The minimum absolute atomic E-state index is 0.0313. The summed E-state index contributed by atoms with van der Waals surface area (Å²) in [4.78, 5) is 14.9. The van der Waals surface area contributed by atoms with E-state index in [4.69, 9.17) is 14.0 Å².